The van der Waals surface area contributed by atoms with Crippen LogP contribution in [0.3, 0.4) is 0 Å². The second-order valence-corrected chi connectivity index (χ2v) is 7.57. The molecule has 1 aliphatic heterocycles. The molecule has 2 aromatic carbocycles. The minimum absolute atomic E-state index is 0.0831. The van der Waals surface area contributed by atoms with E-state index in [9.17, 15) is 9.90 Å². The first-order chi connectivity index (χ1) is 12.4. The molecule has 0 aliphatic carbocycles. The number of amidine groups is 1. The minimum Gasteiger partial charge on any atom is -0.506 e. The number of likely N-dealkylation sites (N-methyl/N-ethyl adjacent to an activating group) is 1. The van der Waals surface area contributed by atoms with Crippen LogP contribution in [0.2, 0.25) is 10.0 Å². The van der Waals surface area contributed by atoms with E-state index in [1.807, 2.05) is 19.9 Å². The number of amides is 1. The Kier molecular flexibility index (Phi) is 5.61. The fraction of sp³-hybridized carbons (Fsp3) is 0.158. The van der Waals surface area contributed by atoms with Crippen molar-refractivity contribution in [2.75, 3.05) is 6.54 Å². The molecule has 0 atom stereocenters. The molecule has 7 heteroatoms. The van der Waals surface area contributed by atoms with Crippen molar-refractivity contribution in [3.63, 3.8) is 0 Å². The summed E-state index contributed by atoms with van der Waals surface area (Å²) in [6.45, 7) is 4.24. The van der Waals surface area contributed by atoms with Gasteiger partial charge < -0.3 is 5.11 Å². The van der Waals surface area contributed by atoms with E-state index < -0.39 is 0 Å². The summed E-state index contributed by atoms with van der Waals surface area (Å²) in [4.78, 5) is 19.2. The number of aliphatic imine (C=N–C) groups is 1. The lowest BCUT2D eigenvalue weighted by Gasteiger charge is -2.12. The molecule has 1 heterocycles. The normalized spacial score (nSPS) is 17.5. The average Bonchev–Trinajstić information content (AvgIpc) is 2.87. The van der Waals surface area contributed by atoms with Gasteiger partial charge in [0, 0.05) is 16.6 Å². The van der Waals surface area contributed by atoms with Crippen LogP contribution < -0.4 is 0 Å². The number of phenols is 1. The predicted octanol–water partition coefficient (Wildman–Crippen LogP) is 5.63. The molecule has 0 unspecified atom stereocenters. The van der Waals surface area contributed by atoms with Crippen molar-refractivity contribution < 1.29 is 9.90 Å². The van der Waals surface area contributed by atoms with E-state index in [1.165, 1.54) is 11.8 Å². The van der Waals surface area contributed by atoms with Crippen molar-refractivity contribution in [1.29, 1.82) is 0 Å². The van der Waals surface area contributed by atoms with Gasteiger partial charge >= 0.3 is 0 Å². The smallest absolute Gasteiger partial charge is 0.266 e. The third-order valence-corrected chi connectivity index (χ3v) is 5.37. The number of halogens is 2. The number of benzene rings is 2. The van der Waals surface area contributed by atoms with Crippen LogP contribution in [0.15, 0.2) is 46.3 Å². The highest BCUT2D eigenvalue weighted by Gasteiger charge is 2.32. The highest BCUT2D eigenvalue weighted by atomic mass is 35.5. The van der Waals surface area contributed by atoms with Crippen LogP contribution >= 0.6 is 35.0 Å². The summed E-state index contributed by atoms with van der Waals surface area (Å²) < 4.78 is 0. The maximum atomic E-state index is 12.7. The van der Waals surface area contributed by atoms with Crippen LogP contribution in [0.1, 0.15) is 18.1 Å². The number of carbonyl (C=O) groups is 1. The maximum Gasteiger partial charge on any atom is 0.266 e. The van der Waals surface area contributed by atoms with E-state index in [2.05, 4.69) is 4.99 Å². The average molecular weight is 407 g/mol. The molecule has 26 heavy (non-hydrogen) atoms. The molecule has 0 spiro atoms. The van der Waals surface area contributed by atoms with E-state index in [-0.39, 0.29) is 11.7 Å². The van der Waals surface area contributed by atoms with Crippen molar-refractivity contribution in [3.8, 4) is 5.75 Å². The van der Waals surface area contributed by atoms with Gasteiger partial charge in [-0.3, -0.25) is 9.69 Å². The number of hydrogen-bond donors (Lipinski definition) is 1. The second-order valence-electron chi connectivity index (χ2n) is 5.71. The van der Waals surface area contributed by atoms with Gasteiger partial charge in [0.2, 0.25) is 0 Å². The van der Waals surface area contributed by atoms with E-state index in [0.717, 1.165) is 5.56 Å². The summed E-state index contributed by atoms with van der Waals surface area (Å²) in [6.07, 6.45) is 1.73. The summed E-state index contributed by atoms with van der Waals surface area (Å²) in [6, 6.07) is 10.4. The molecule has 3 rings (SSSR count). The van der Waals surface area contributed by atoms with Crippen LogP contribution in [-0.4, -0.2) is 27.6 Å². The van der Waals surface area contributed by atoms with E-state index >= 15 is 0 Å². The Morgan fingerprint density at radius 1 is 1.23 bits per heavy atom. The Morgan fingerprint density at radius 3 is 2.65 bits per heavy atom. The van der Waals surface area contributed by atoms with Crippen molar-refractivity contribution in [1.82, 2.24) is 4.90 Å². The standard InChI is InChI=1S/C19H16Cl2N2O2S/c1-3-23-18(25)17(9-12-5-6-13(20)10-14(12)21)26-19(23)22-15-7-4-11(2)8-16(15)24/h4-10,24H,3H2,1-2H3/b17-9-,22-19?. The van der Waals surface area contributed by atoms with Crippen LogP contribution in [0.25, 0.3) is 6.08 Å². The van der Waals surface area contributed by atoms with Crippen LogP contribution in [-0.2, 0) is 4.79 Å². The highest BCUT2D eigenvalue weighted by Crippen LogP contribution is 2.37. The van der Waals surface area contributed by atoms with Crippen LogP contribution in [0.4, 0.5) is 5.69 Å². The Bertz CT molecular complexity index is 941. The molecule has 134 valence electrons. The second kappa shape index (κ2) is 7.74. The predicted molar refractivity (Wildman–Crippen MR) is 109 cm³/mol. The van der Waals surface area contributed by atoms with Gasteiger partial charge in [-0.05, 0) is 67.1 Å². The zero-order valence-corrected chi connectivity index (χ0v) is 16.5. The van der Waals surface area contributed by atoms with Gasteiger partial charge in [0.1, 0.15) is 11.4 Å². The molecule has 1 aliphatic rings. The summed E-state index contributed by atoms with van der Waals surface area (Å²) >= 11 is 13.4. The fourth-order valence-corrected chi connectivity index (χ4v) is 3.97. The maximum absolute atomic E-state index is 12.7. The third-order valence-electron chi connectivity index (χ3n) is 3.80. The third kappa shape index (κ3) is 3.90. The zero-order valence-electron chi connectivity index (χ0n) is 14.2. The summed E-state index contributed by atoms with van der Waals surface area (Å²) in [5, 5.41) is 11.6. The van der Waals surface area contributed by atoms with Gasteiger partial charge in [-0.2, -0.15) is 0 Å². The molecule has 0 radical (unpaired) electrons. The number of nitrogens with zero attached hydrogens (tertiary/aromatic N) is 2. The molecule has 0 saturated carbocycles. The molecule has 0 bridgehead atoms. The number of aromatic hydroxyl groups is 1. The SMILES string of the molecule is CCN1C(=O)/C(=C/c2ccc(Cl)cc2Cl)SC1=Nc1ccc(C)cc1O. The first-order valence-corrected chi connectivity index (χ1v) is 9.51. The quantitative estimate of drug-likeness (QED) is 0.671. The van der Waals surface area contributed by atoms with E-state index in [0.29, 0.717) is 37.9 Å². The van der Waals surface area contributed by atoms with Crippen molar-refractivity contribution in [3.05, 3.63) is 62.5 Å². The lowest BCUT2D eigenvalue weighted by Crippen LogP contribution is -2.28. The Labute approximate surface area is 166 Å². The van der Waals surface area contributed by atoms with Crippen LogP contribution in [0, 0.1) is 6.92 Å². The molecule has 1 fully saturated rings. The first-order valence-electron chi connectivity index (χ1n) is 7.94. The number of thioether (sulfide) groups is 1. The summed E-state index contributed by atoms with van der Waals surface area (Å²) in [5.74, 6) is -0.0614. The van der Waals surface area contributed by atoms with Crippen LogP contribution in [0.5, 0.6) is 5.75 Å². The lowest BCUT2D eigenvalue weighted by molar-refractivity contribution is -0.122. The van der Waals surface area contributed by atoms with Gasteiger partial charge in [-0.25, -0.2) is 4.99 Å². The first kappa shape index (κ1) is 18.8. The van der Waals surface area contributed by atoms with Gasteiger partial charge in [-0.15, -0.1) is 0 Å². The Hall–Kier alpha value is -1.95. The molecule has 1 amide bonds. The highest BCUT2D eigenvalue weighted by molar-refractivity contribution is 8.18. The number of phenolic OH excluding ortho intramolecular Hbond substituents is 1. The molecule has 1 saturated heterocycles. The monoisotopic (exact) mass is 406 g/mol. The fourth-order valence-electron chi connectivity index (χ4n) is 2.46. The Morgan fingerprint density at radius 2 is 2.00 bits per heavy atom. The number of hydrogen-bond acceptors (Lipinski definition) is 4. The Balaban J connectivity index is 1.97. The minimum atomic E-state index is -0.145. The molecule has 4 nitrogen and oxygen atoms in total. The van der Waals surface area contributed by atoms with E-state index in [1.54, 1.807) is 41.3 Å². The molecule has 1 N–H and O–H groups in total. The molecular weight excluding hydrogens is 391 g/mol. The van der Waals surface area contributed by atoms with Gasteiger partial charge in [0.05, 0.1) is 4.91 Å². The molecule has 0 aromatic heterocycles. The van der Waals surface area contributed by atoms with Gasteiger partial charge in [-0.1, -0.05) is 35.3 Å². The number of carbonyl (C=O) groups excluding carboxylic acids is 1. The topological polar surface area (TPSA) is 52.9 Å². The number of aryl methyl sites for hydroxylation is 1. The van der Waals surface area contributed by atoms with E-state index in [4.69, 9.17) is 23.2 Å². The lowest BCUT2D eigenvalue weighted by atomic mass is 10.2. The summed E-state index contributed by atoms with van der Waals surface area (Å²) in [7, 11) is 0. The molecular formula is C19H16Cl2N2O2S. The largest absolute Gasteiger partial charge is 0.506 e. The zero-order chi connectivity index (χ0) is 18.8. The van der Waals surface area contributed by atoms with Crippen molar-refractivity contribution in [2.24, 2.45) is 4.99 Å². The van der Waals surface area contributed by atoms with Gasteiger partial charge in [0.25, 0.3) is 5.91 Å². The van der Waals surface area contributed by atoms with Crippen molar-refractivity contribution >= 4 is 57.8 Å². The van der Waals surface area contributed by atoms with Crippen molar-refractivity contribution in [2.45, 2.75) is 13.8 Å². The number of rotatable bonds is 3. The molecule has 2 aromatic rings. The van der Waals surface area contributed by atoms with Gasteiger partial charge in [0.15, 0.2) is 5.17 Å². The summed E-state index contributed by atoms with van der Waals surface area (Å²) in [5.41, 5.74) is 2.07.